The average molecular weight is 349 g/mol. The van der Waals surface area contributed by atoms with Crippen molar-refractivity contribution in [2.75, 3.05) is 33.4 Å². The molecule has 0 atom stereocenters. The molecule has 0 heterocycles. The van der Waals surface area contributed by atoms with Crippen LogP contribution in [0.4, 0.5) is 0 Å². The third kappa shape index (κ3) is 8.71. The fourth-order valence-electron chi connectivity index (χ4n) is 1.97. The SMILES string of the molecule is CCNC(=NCc1ccc(C(=O)NCC(N)=O)cc1)NCCCOC. The van der Waals surface area contributed by atoms with Crippen molar-refractivity contribution in [2.45, 2.75) is 19.9 Å². The van der Waals surface area contributed by atoms with Gasteiger partial charge in [0.1, 0.15) is 0 Å². The molecule has 5 N–H and O–H groups in total. The number of hydrogen-bond acceptors (Lipinski definition) is 4. The molecule has 0 spiro atoms. The molecule has 0 bridgehead atoms. The first-order valence-corrected chi connectivity index (χ1v) is 8.23. The van der Waals surface area contributed by atoms with Crippen LogP contribution in [0.1, 0.15) is 29.3 Å². The van der Waals surface area contributed by atoms with E-state index in [-0.39, 0.29) is 12.5 Å². The monoisotopic (exact) mass is 349 g/mol. The maximum absolute atomic E-state index is 11.8. The molecule has 0 aliphatic carbocycles. The zero-order chi connectivity index (χ0) is 18.5. The van der Waals surface area contributed by atoms with Crippen molar-refractivity contribution in [2.24, 2.45) is 10.7 Å². The molecule has 0 fully saturated rings. The summed E-state index contributed by atoms with van der Waals surface area (Å²) < 4.78 is 5.02. The number of primary amides is 1. The van der Waals surface area contributed by atoms with Crippen LogP contribution in [-0.4, -0.2) is 51.1 Å². The third-order valence-corrected chi connectivity index (χ3v) is 3.22. The van der Waals surface area contributed by atoms with E-state index in [2.05, 4.69) is 20.9 Å². The second kappa shape index (κ2) is 11.9. The van der Waals surface area contributed by atoms with Crippen LogP contribution in [-0.2, 0) is 16.1 Å². The highest BCUT2D eigenvalue weighted by Gasteiger charge is 2.06. The molecule has 25 heavy (non-hydrogen) atoms. The van der Waals surface area contributed by atoms with Crippen molar-refractivity contribution >= 4 is 17.8 Å². The summed E-state index contributed by atoms with van der Waals surface area (Å²) in [5, 5.41) is 8.86. The predicted octanol–water partition coefficient (Wildman–Crippen LogP) is -0.00670. The fraction of sp³-hybridized carbons (Fsp3) is 0.471. The highest BCUT2D eigenvalue weighted by Crippen LogP contribution is 2.05. The van der Waals surface area contributed by atoms with E-state index in [0.29, 0.717) is 18.7 Å². The molecular weight excluding hydrogens is 322 g/mol. The number of hydrogen-bond donors (Lipinski definition) is 4. The highest BCUT2D eigenvalue weighted by molar-refractivity contribution is 5.96. The number of guanidine groups is 1. The van der Waals surface area contributed by atoms with Crippen molar-refractivity contribution in [1.82, 2.24) is 16.0 Å². The highest BCUT2D eigenvalue weighted by atomic mass is 16.5. The summed E-state index contributed by atoms with van der Waals surface area (Å²) in [4.78, 5) is 27.0. The molecule has 138 valence electrons. The molecule has 0 saturated carbocycles. The average Bonchev–Trinajstić information content (AvgIpc) is 2.61. The van der Waals surface area contributed by atoms with Gasteiger partial charge in [-0.3, -0.25) is 9.59 Å². The van der Waals surface area contributed by atoms with Crippen LogP contribution in [0.25, 0.3) is 0 Å². The fourth-order valence-corrected chi connectivity index (χ4v) is 1.97. The van der Waals surface area contributed by atoms with Crippen LogP contribution in [0.15, 0.2) is 29.3 Å². The molecule has 8 heteroatoms. The summed E-state index contributed by atoms with van der Waals surface area (Å²) >= 11 is 0. The molecule has 0 aliphatic heterocycles. The minimum Gasteiger partial charge on any atom is -0.385 e. The second-order valence-electron chi connectivity index (χ2n) is 5.31. The van der Waals surface area contributed by atoms with Gasteiger partial charge in [0.05, 0.1) is 13.1 Å². The van der Waals surface area contributed by atoms with Crippen LogP contribution in [0.5, 0.6) is 0 Å². The zero-order valence-corrected chi connectivity index (χ0v) is 14.8. The first-order valence-electron chi connectivity index (χ1n) is 8.23. The van der Waals surface area contributed by atoms with Crippen molar-refractivity contribution < 1.29 is 14.3 Å². The van der Waals surface area contributed by atoms with E-state index in [9.17, 15) is 9.59 Å². The van der Waals surface area contributed by atoms with Gasteiger partial charge in [0.15, 0.2) is 5.96 Å². The number of nitrogens with zero attached hydrogens (tertiary/aromatic N) is 1. The van der Waals surface area contributed by atoms with E-state index in [0.717, 1.165) is 31.0 Å². The zero-order valence-electron chi connectivity index (χ0n) is 14.8. The number of nitrogens with one attached hydrogen (secondary N) is 3. The van der Waals surface area contributed by atoms with E-state index in [1.807, 2.05) is 19.1 Å². The molecule has 0 radical (unpaired) electrons. The lowest BCUT2D eigenvalue weighted by Gasteiger charge is -2.11. The third-order valence-electron chi connectivity index (χ3n) is 3.22. The maximum Gasteiger partial charge on any atom is 0.251 e. The number of nitrogens with two attached hydrogens (primary N) is 1. The van der Waals surface area contributed by atoms with Gasteiger partial charge in [-0.2, -0.15) is 0 Å². The molecule has 0 aliphatic rings. The van der Waals surface area contributed by atoms with E-state index in [4.69, 9.17) is 10.5 Å². The van der Waals surface area contributed by atoms with Gasteiger partial charge in [-0.05, 0) is 31.0 Å². The Morgan fingerprint density at radius 3 is 2.48 bits per heavy atom. The summed E-state index contributed by atoms with van der Waals surface area (Å²) in [6.07, 6.45) is 0.899. The Hall–Kier alpha value is -2.61. The molecule has 1 rings (SSSR count). The van der Waals surface area contributed by atoms with Gasteiger partial charge in [0.2, 0.25) is 5.91 Å². The Morgan fingerprint density at radius 2 is 1.88 bits per heavy atom. The number of aliphatic imine (C=N–C) groups is 1. The summed E-state index contributed by atoms with van der Waals surface area (Å²) in [7, 11) is 1.68. The molecule has 1 aromatic rings. The number of methoxy groups -OCH3 is 1. The van der Waals surface area contributed by atoms with E-state index in [1.54, 1.807) is 19.2 Å². The number of ether oxygens (including phenoxy) is 1. The summed E-state index contributed by atoms with van der Waals surface area (Å²) in [5.41, 5.74) is 6.44. The first-order chi connectivity index (χ1) is 12.1. The number of benzene rings is 1. The van der Waals surface area contributed by atoms with Crippen molar-refractivity contribution in [1.29, 1.82) is 0 Å². The van der Waals surface area contributed by atoms with Gasteiger partial charge >= 0.3 is 0 Å². The molecule has 0 aromatic heterocycles. The van der Waals surface area contributed by atoms with Gasteiger partial charge in [-0.1, -0.05) is 12.1 Å². The smallest absolute Gasteiger partial charge is 0.251 e. The second-order valence-corrected chi connectivity index (χ2v) is 5.31. The lowest BCUT2D eigenvalue weighted by Crippen LogP contribution is -2.38. The lowest BCUT2D eigenvalue weighted by atomic mass is 10.1. The van der Waals surface area contributed by atoms with Gasteiger partial charge in [-0.15, -0.1) is 0 Å². The Morgan fingerprint density at radius 1 is 1.16 bits per heavy atom. The van der Waals surface area contributed by atoms with Crippen molar-refractivity contribution in [3.8, 4) is 0 Å². The molecular formula is C17H27N5O3. The van der Waals surface area contributed by atoms with Crippen LogP contribution in [0.2, 0.25) is 0 Å². The Kier molecular flexibility index (Phi) is 9.69. The molecule has 0 unspecified atom stereocenters. The summed E-state index contributed by atoms with van der Waals surface area (Å²) in [6, 6.07) is 7.05. The lowest BCUT2D eigenvalue weighted by molar-refractivity contribution is -0.117. The molecule has 1 aromatic carbocycles. The molecule has 8 nitrogen and oxygen atoms in total. The van der Waals surface area contributed by atoms with Gasteiger partial charge in [0.25, 0.3) is 5.91 Å². The van der Waals surface area contributed by atoms with Gasteiger partial charge in [0, 0.05) is 32.4 Å². The molecule has 2 amide bonds. The largest absolute Gasteiger partial charge is 0.385 e. The van der Waals surface area contributed by atoms with Crippen LogP contribution in [0.3, 0.4) is 0 Å². The number of amides is 2. The number of rotatable bonds is 10. The van der Waals surface area contributed by atoms with E-state index in [1.165, 1.54) is 0 Å². The first kappa shape index (κ1) is 20.4. The summed E-state index contributed by atoms with van der Waals surface area (Å²) in [6.45, 7) is 4.57. The predicted molar refractivity (Wildman–Crippen MR) is 97.3 cm³/mol. The number of carbonyl (C=O) groups is 2. The van der Waals surface area contributed by atoms with Crippen LogP contribution >= 0.6 is 0 Å². The van der Waals surface area contributed by atoms with E-state index < -0.39 is 5.91 Å². The summed E-state index contributed by atoms with van der Waals surface area (Å²) in [5.74, 6) is -0.169. The van der Waals surface area contributed by atoms with E-state index >= 15 is 0 Å². The molecule has 0 saturated heterocycles. The van der Waals surface area contributed by atoms with Crippen molar-refractivity contribution in [3.63, 3.8) is 0 Å². The van der Waals surface area contributed by atoms with Gasteiger partial charge < -0.3 is 26.4 Å². The van der Waals surface area contributed by atoms with Crippen LogP contribution < -0.4 is 21.7 Å². The Balaban J connectivity index is 2.56. The maximum atomic E-state index is 11.8. The number of carbonyl (C=O) groups excluding carboxylic acids is 2. The van der Waals surface area contributed by atoms with Crippen molar-refractivity contribution in [3.05, 3.63) is 35.4 Å². The Bertz CT molecular complexity index is 572. The quantitative estimate of drug-likeness (QED) is 0.269. The van der Waals surface area contributed by atoms with Gasteiger partial charge in [-0.25, -0.2) is 4.99 Å². The minimum atomic E-state index is -0.576. The Labute approximate surface area is 148 Å². The minimum absolute atomic E-state index is 0.175. The standard InChI is InChI=1S/C17H27N5O3/c1-3-19-17(20-9-4-10-25-2)22-11-13-5-7-14(8-6-13)16(24)21-12-15(18)23/h5-8H,3-4,9-12H2,1-2H3,(H2,18,23)(H,21,24)(H2,19,20,22). The van der Waals surface area contributed by atoms with Crippen LogP contribution in [0, 0.1) is 0 Å². The normalized spacial score (nSPS) is 11.0. The topological polar surface area (TPSA) is 118 Å².